The highest BCUT2D eigenvalue weighted by Gasteiger charge is 2.34. The van der Waals surface area contributed by atoms with Crippen LogP contribution in [0, 0.1) is 0 Å². The van der Waals surface area contributed by atoms with Gasteiger partial charge in [-0.3, -0.25) is 9.59 Å². The Bertz CT molecular complexity index is 1020. The summed E-state index contributed by atoms with van der Waals surface area (Å²) in [6.07, 6.45) is 0. The van der Waals surface area contributed by atoms with Gasteiger partial charge in [-0.05, 0) is 36.4 Å². The number of anilines is 2. The second kappa shape index (κ2) is 6.76. The van der Waals surface area contributed by atoms with Crippen LogP contribution in [0.3, 0.4) is 0 Å². The van der Waals surface area contributed by atoms with Crippen LogP contribution < -0.4 is 10.6 Å². The van der Waals surface area contributed by atoms with E-state index in [1.807, 2.05) is 72.3 Å². The van der Waals surface area contributed by atoms with Crippen LogP contribution in [0.1, 0.15) is 21.9 Å². The fourth-order valence-electron chi connectivity index (χ4n) is 3.56. The van der Waals surface area contributed by atoms with Gasteiger partial charge in [0.2, 0.25) is 11.8 Å². The van der Waals surface area contributed by atoms with Crippen molar-refractivity contribution in [2.45, 2.75) is 20.3 Å². The Morgan fingerprint density at radius 2 is 1.14 bits per heavy atom. The van der Waals surface area contributed by atoms with Crippen molar-refractivity contribution in [3.8, 4) is 0 Å². The maximum atomic E-state index is 12.7. The predicted octanol–water partition coefficient (Wildman–Crippen LogP) is 4.60. The highest BCUT2D eigenvalue weighted by molar-refractivity contribution is 8.00. The maximum Gasteiger partial charge on any atom is 0.243 e. The van der Waals surface area contributed by atoms with E-state index in [0.29, 0.717) is 0 Å². The zero-order valence-corrected chi connectivity index (χ0v) is 16.6. The van der Waals surface area contributed by atoms with E-state index in [-0.39, 0.29) is 22.3 Å². The van der Waals surface area contributed by atoms with Crippen LogP contribution >= 0.6 is 23.5 Å². The van der Waals surface area contributed by atoms with Crippen molar-refractivity contribution in [2.75, 3.05) is 10.6 Å². The minimum absolute atomic E-state index is 0.0393. The van der Waals surface area contributed by atoms with Gasteiger partial charge in [0.15, 0.2) is 0 Å². The SMILES string of the molecule is Cn1c([C@@H]2Sc3ccccc3NC2=O)ccc1[C@H]1Sc2ccccc2NC1=O. The van der Waals surface area contributed by atoms with Gasteiger partial charge in [-0.25, -0.2) is 0 Å². The number of amides is 2. The van der Waals surface area contributed by atoms with E-state index >= 15 is 0 Å². The van der Waals surface area contributed by atoms with Gasteiger partial charge in [0.05, 0.1) is 11.4 Å². The highest BCUT2D eigenvalue weighted by Crippen LogP contribution is 2.47. The Balaban J connectivity index is 1.47. The summed E-state index contributed by atoms with van der Waals surface area (Å²) in [6.45, 7) is 0. The molecule has 28 heavy (non-hydrogen) atoms. The summed E-state index contributed by atoms with van der Waals surface area (Å²) in [5, 5.41) is 5.28. The molecule has 0 bridgehead atoms. The van der Waals surface area contributed by atoms with E-state index in [4.69, 9.17) is 0 Å². The summed E-state index contributed by atoms with van der Waals surface area (Å²) in [5.74, 6) is -0.0786. The van der Waals surface area contributed by atoms with Crippen molar-refractivity contribution in [2.24, 2.45) is 7.05 Å². The minimum atomic E-state index is -0.349. The first-order valence-electron chi connectivity index (χ1n) is 8.90. The lowest BCUT2D eigenvalue weighted by atomic mass is 10.2. The van der Waals surface area contributed by atoms with Crippen molar-refractivity contribution in [3.05, 3.63) is 72.1 Å². The van der Waals surface area contributed by atoms with E-state index in [0.717, 1.165) is 32.6 Å². The summed E-state index contributed by atoms with van der Waals surface area (Å²) in [5.41, 5.74) is 3.47. The molecule has 140 valence electrons. The molecule has 2 aromatic carbocycles. The van der Waals surface area contributed by atoms with Crippen LogP contribution in [0.5, 0.6) is 0 Å². The summed E-state index contributed by atoms with van der Waals surface area (Å²) < 4.78 is 1.98. The number of para-hydroxylation sites is 2. The van der Waals surface area contributed by atoms with Crippen LogP contribution in [0.15, 0.2) is 70.5 Å². The molecule has 0 unspecified atom stereocenters. The molecule has 0 saturated heterocycles. The van der Waals surface area contributed by atoms with E-state index in [9.17, 15) is 9.59 Å². The molecule has 5 nitrogen and oxygen atoms in total. The number of thioether (sulfide) groups is 2. The Hall–Kier alpha value is -2.64. The molecule has 2 aliphatic heterocycles. The van der Waals surface area contributed by atoms with Gasteiger partial charge < -0.3 is 15.2 Å². The van der Waals surface area contributed by atoms with Gasteiger partial charge in [0.1, 0.15) is 10.5 Å². The Morgan fingerprint density at radius 3 is 1.61 bits per heavy atom. The summed E-state index contributed by atoms with van der Waals surface area (Å²) in [7, 11) is 1.92. The molecule has 3 heterocycles. The summed E-state index contributed by atoms with van der Waals surface area (Å²) in [4.78, 5) is 27.5. The zero-order chi connectivity index (χ0) is 19.3. The number of rotatable bonds is 2. The standard InChI is InChI=1S/C21H17N3O2S2/c1-24-14(18-20(25)22-12-6-2-4-8-16(12)27-18)10-11-15(24)19-21(26)23-13-7-3-5-9-17(13)28-19/h2-11,18-19H,1H3,(H,22,25)(H,23,26)/t18-,19+. The van der Waals surface area contributed by atoms with Gasteiger partial charge in [-0.2, -0.15) is 0 Å². The average molecular weight is 408 g/mol. The summed E-state index contributed by atoms with van der Waals surface area (Å²) in [6, 6.07) is 19.5. The number of nitrogens with one attached hydrogen (secondary N) is 2. The van der Waals surface area contributed by atoms with E-state index in [1.54, 1.807) is 23.5 Å². The van der Waals surface area contributed by atoms with Crippen LogP contribution in [0.25, 0.3) is 0 Å². The van der Waals surface area contributed by atoms with Crippen molar-refractivity contribution in [1.29, 1.82) is 0 Å². The van der Waals surface area contributed by atoms with E-state index in [2.05, 4.69) is 10.6 Å². The van der Waals surface area contributed by atoms with E-state index in [1.165, 1.54) is 0 Å². The number of carbonyl (C=O) groups is 2. The fourth-order valence-corrected chi connectivity index (χ4v) is 5.92. The molecule has 0 fully saturated rings. The number of hydrogen-bond donors (Lipinski definition) is 2. The van der Waals surface area contributed by atoms with Crippen LogP contribution in [-0.2, 0) is 16.6 Å². The Kier molecular flexibility index (Phi) is 4.21. The third kappa shape index (κ3) is 2.82. The molecule has 2 aliphatic rings. The van der Waals surface area contributed by atoms with Gasteiger partial charge in [-0.1, -0.05) is 24.3 Å². The number of fused-ring (bicyclic) bond motifs is 2. The summed E-state index contributed by atoms with van der Waals surface area (Å²) >= 11 is 3.08. The number of nitrogens with zero attached hydrogens (tertiary/aromatic N) is 1. The molecule has 2 amide bonds. The molecule has 5 rings (SSSR count). The fraction of sp³-hybridized carbons (Fsp3) is 0.143. The second-order valence-corrected chi connectivity index (χ2v) is 9.00. The number of hydrogen-bond acceptors (Lipinski definition) is 4. The van der Waals surface area contributed by atoms with Crippen LogP contribution in [-0.4, -0.2) is 16.4 Å². The molecule has 0 saturated carbocycles. The second-order valence-electron chi connectivity index (χ2n) is 6.71. The first-order chi connectivity index (χ1) is 13.6. The number of benzene rings is 2. The van der Waals surface area contributed by atoms with Crippen molar-refractivity contribution >= 4 is 46.7 Å². The van der Waals surface area contributed by atoms with Crippen LogP contribution in [0.2, 0.25) is 0 Å². The lowest BCUT2D eigenvalue weighted by Gasteiger charge is -2.27. The molecule has 0 spiro atoms. The topological polar surface area (TPSA) is 63.1 Å². The van der Waals surface area contributed by atoms with Crippen molar-refractivity contribution in [3.63, 3.8) is 0 Å². The molecule has 7 heteroatoms. The Labute approximate surface area is 170 Å². The predicted molar refractivity (Wildman–Crippen MR) is 113 cm³/mol. The van der Waals surface area contributed by atoms with Gasteiger partial charge >= 0.3 is 0 Å². The minimum Gasteiger partial charge on any atom is -0.349 e. The van der Waals surface area contributed by atoms with Gasteiger partial charge in [0, 0.05) is 28.2 Å². The Morgan fingerprint density at radius 1 is 0.714 bits per heavy atom. The molecule has 2 atom stereocenters. The molecule has 3 aromatic rings. The van der Waals surface area contributed by atoms with Gasteiger partial charge in [0.25, 0.3) is 0 Å². The number of carbonyl (C=O) groups excluding carboxylic acids is 2. The normalized spacial score (nSPS) is 20.8. The lowest BCUT2D eigenvalue weighted by Crippen LogP contribution is -2.26. The number of aromatic nitrogens is 1. The molecular formula is C21H17N3O2S2. The molecule has 2 N–H and O–H groups in total. The maximum absolute atomic E-state index is 12.7. The van der Waals surface area contributed by atoms with Crippen LogP contribution in [0.4, 0.5) is 11.4 Å². The molecular weight excluding hydrogens is 390 g/mol. The largest absolute Gasteiger partial charge is 0.349 e. The third-order valence-corrected chi connectivity index (χ3v) is 7.59. The quantitative estimate of drug-likeness (QED) is 0.652. The molecule has 1 aromatic heterocycles. The first kappa shape index (κ1) is 17.5. The first-order valence-corrected chi connectivity index (χ1v) is 10.7. The smallest absolute Gasteiger partial charge is 0.243 e. The molecule has 0 radical (unpaired) electrons. The van der Waals surface area contributed by atoms with Crippen molar-refractivity contribution < 1.29 is 9.59 Å². The molecule has 0 aliphatic carbocycles. The van der Waals surface area contributed by atoms with Gasteiger partial charge in [-0.15, -0.1) is 23.5 Å². The van der Waals surface area contributed by atoms with E-state index < -0.39 is 0 Å². The third-order valence-electron chi connectivity index (χ3n) is 4.99. The zero-order valence-electron chi connectivity index (χ0n) is 15.0. The highest BCUT2D eigenvalue weighted by atomic mass is 32.2. The lowest BCUT2D eigenvalue weighted by molar-refractivity contribution is -0.116. The van der Waals surface area contributed by atoms with Crippen molar-refractivity contribution in [1.82, 2.24) is 4.57 Å². The average Bonchev–Trinajstić information content (AvgIpc) is 3.08. The monoisotopic (exact) mass is 407 g/mol.